The second-order valence-electron chi connectivity index (χ2n) is 4.04. The van der Waals surface area contributed by atoms with Gasteiger partial charge in [0.2, 0.25) is 5.91 Å². The van der Waals surface area contributed by atoms with Crippen LogP contribution in [-0.2, 0) is 4.79 Å². The maximum atomic E-state index is 11.7. The number of carbonyl (C=O) groups is 1. The predicted molar refractivity (Wildman–Crippen MR) is 69.2 cm³/mol. The quantitative estimate of drug-likeness (QED) is 0.596. The van der Waals surface area contributed by atoms with Crippen LogP contribution in [0.4, 0.5) is 11.4 Å². The molecule has 3 N–H and O–H groups in total. The number of carbonyl (C=O) groups excluding carboxylic acids is 1. The molecule has 0 heterocycles. The van der Waals surface area contributed by atoms with Gasteiger partial charge >= 0.3 is 0 Å². The van der Waals surface area contributed by atoms with Crippen LogP contribution in [0.5, 0.6) is 0 Å². The number of nitro groups is 1. The lowest BCUT2D eigenvalue weighted by Crippen LogP contribution is -2.22. The zero-order valence-corrected chi connectivity index (χ0v) is 10.3. The Hall–Kier alpha value is -1.95. The first kappa shape index (κ1) is 14.1. The van der Waals surface area contributed by atoms with Crippen molar-refractivity contribution in [2.75, 3.05) is 11.9 Å². The molecule has 6 heteroatoms. The largest absolute Gasteiger partial charge is 0.330 e. The summed E-state index contributed by atoms with van der Waals surface area (Å²) in [5.74, 6) is -0.144. The van der Waals surface area contributed by atoms with Crippen LogP contribution in [-0.4, -0.2) is 17.4 Å². The molecule has 18 heavy (non-hydrogen) atoms. The summed E-state index contributed by atoms with van der Waals surface area (Å²) in [6, 6.07) is 6.07. The van der Waals surface area contributed by atoms with E-state index in [-0.39, 0.29) is 29.6 Å². The monoisotopic (exact) mass is 251 g/mol. The molecule has 0 aliphatic heterocycles. The van der Waals surface area contributed by atoms with Crippen molar-refractivity contribution in [1.82, 2.24) is 0 Å². The van der Waals surface area contributed by atoms with E-state index in [0.717, 1.165) is 6.42 Å². The van der Waals surface area contributed by atoms with Crippen molar-refractivity contribution < 1.29 is 9.72 Å². The molecule has 1 amide bonds. The van der Waals surface area contributed by atoms with E-state index in [1.165, 1.54) is 12.1 Å². The Bertz CT molecular complexity index is 430. The van der Waals surface area contributed by atoms with E-state index < -0.39 is 4.92 Å². The standard InChI is InChI=1S/C12H17N3O3/c1-2-9(8-13)7-12(16)14-10-5-3-4-6-11(10)15(17)18/h3-6,9H,2,7-8,13H2,1H3,(H,14,16). The van der Waals surface area contributed by atoms with Crippen LogP contribution in [0.2, 0.25) is 0 Å². The van der Waals surface area contributed by atoms with Gasteiger partial charge in [-0.2, -0.15) is 0 Å². The molecule has 0 aliphatic carbocycles. The Kier molecular flexibility index (Phi) is 5.26. The van der Waals surface area contributed by atoms with Crippen LogP contribution < -0.4 is 11.1 Å². The van der Waals surface area contributed by atoms with E-state index in [0.29, 0.717) is 6.54 Å². The number of hydrogen-bond acceptors (Lipinski definition) is 4. The van der Waals surface area contributed by atoms with Gasteiger partial charge in [-0.25, -0.2) is 0 Å². The van der Waals surface area contributed by atoms with Crippen LogP contribution >= 0.6 is 0 Å². The van der Waals surface area contributed by atoms with E-state index in [1.807, 2.05) is 6.92 Å². The van der Waals surface area contributed by atoms with Gasteiger partial charge < -0.3 is 11.1 Å². The number of amides is 1. The van der Waals surface area contributed by atoms with Crippen LogP contribution in [0.15, 0.2) is 24.3 Å². The lowest BCUT2D eigenvalue weighted by molar-refractivity contribution is -0.383. The van der Waals surface area contributed by atoms with Gasteiger partial charge in [-0.3, -0.25) is 14.9 Å². The maximum Gasteiger partial charge on any atom is 0.292 e. The fourth-order valence-electron chi connectivity index (χ4n) is 1.60. The van der Waals surface area contributed by atoms with Crippen LogP contribution in [0.3, 0.4) is 0 Å². The summed E-state index contributed by atoms with van der Waals surface area (Å²) in [6.07, 6.45) is 1.08. The predicted octanol–water partition coefficient (Wildman–Crippen LogP) is 1.91. The van der Waals surface area contributed by atoms with Crippen molar-refractivity contribution in [1.29, 1.82) is 0 Å². The number of benzene rings is 1. The summed E-state index contributed by atoms with van der Waals surface area (Å²) in [6.45, 7) is 2.39. The molecule has 1 aromatic rings. The fourth-order valence-corrected chi connectivity index (χ4v) is 1.60. The zero-order valence-electron chi connectivity index (χ0n) is 10.3. The molecule has 0 radical (unpaired) electrons. The number of nitrogens with two attached hydrogens (primary N) is 1. The number of hydrogen-bond donors (Lipinski definition) is 2. The number of rotatable bonds is 6. The number of anilines is 1. The Morgan fingerprint density at radius 3 is 2.72 bits per heavy atom. The van der Waals surface area contributed by atoms with Gasteiger partial charge in [0.15, 0.2) is 0 Å². The summed E-state index contributed by atoms with van der Waals surface area (Å²) in [5, 5.41) is 13.3. The highest BCUT2D eigenvalue weighted by atomic mass is 16.6. The van der Waals surface area contributed by atoms with Gasteiger partial charge in [-0.1, -0.05) is 25.5 Å². The second-order valence-corrected chi connectivity index (χ2v) is 4.04. The molecule has 1 atom stereocenters. The lowest BCUT2D eigenvalue weighted by Gasteiger charge is -2.11. The molecule has 1 aromatic carbocycles. The molecular formula is C12H17N3O3. The highest BCUT2D eigenvalue weighted by molar-refractivity contribution is 5.93. The third kappa shape index (κ3) is 3.81. The highest BCUT2D eigenvalue weighted by Crippen LogP contribution is 2.23. The number of nitrogens with one attached hydrogen (secondary N) is 1. The molecular weight excluding hydrogens is 234 g/mol. The minimum absolute atomic E-state index is 0.104. The van der Waals surface area contributed by atoms with E-state index in [9.17, 15) is 14.9 Å². The van der Waals surface area contributed by atoms with Gasteiger partial charge in [-0.05, 0) is 18.5 Å². The molecule has 1 rings (SSSR count). The first-order valence-electron chi connectivity index (χ1n) is 5.81. The average molecular weight is 251 g/mol. The summed E-state index contributed by atoms with van der Waals surface area (Å²) >= 11 is 0. The number of para-hydroxylation sites is 2. The van der Waals surface area contributed by atoms with Gasteiger partial charge in [0.1, 0.15) is 5.69 Å². The molecule has 0 bridgehead atoms. The van der Waals surface area contributed by atoms with Gasteiger partial charge in [-0.15, -0.1) is 0 Å². The van der Waals surface area contributed by atoms with Gasteiger partial charge in [0.05, 0.1) is 4.92 Å². The van der Waals surface area contributed by atoms with Crippen molar-refractivity contribution in [3.05, 3.63) is 34.4 Å². The average Bonchev–Trinajstić information content (AvgIpc) is 2.36. The molecule has 0 saturated heterocycles. The topological polar surface area (TPSA) is 98.3 Å². The van der Waals surface area contributed by atoms with E-state index >= 15 is 0 Å². The number of nitro benzene ring substituents is 1. The molecule has 1 unspecified atom stereocenters. The molecule has 98 valence electrons. The van der Waals surface area contributed by atoms with Crippen molar-refractivity contribution in [2.24, 2.45) is 11.7 Å². The molecule has 0 spiro atoms. The van der Waals surface area contributed by atoms with Crippen LogP contribution in [0.1, 0.15) is 19.8 Å². The van der Waals surface area contributed by atoms with Crippen molar-refractivity contribution >= 4 is 17.3 Å². The minimum Gasteiger partial charge on any atom is -0.330 e. The van der Waals surface area contributed by atoms with Crippen molar-refractivity contribution in [3.8, 4) is 0 Å². The summed E-state index contributed by atoms with van der Waals surface area (Å²) < 4.78 is 0. The lowest BCUT2D eigenvalue weighted by atomic mass is 10.0. The van der Waals surface area contributed by atoms with Gasteiger partial charge in [0, 0.05) is 12.5 Å². The Balaban J connectivity index is 2.73. The molecule has 0 saturated carbocycles. The molecule has 6 nitrogen and oxygen atoms in total. The normalized spacial score (nSPS) is 11.9. The Labute approximate surface area is 105 Å². The Morgan fingerprint density at radius 1 is 1.50 bits per heavy atom. The van der Waals surface area contributed by atoms with Crippen molar-refractivity contribution in [3.63, 3.8) is 0 Å². The number of nitrogens with zero attached hydrogens (tertiary/aromatic N) is 1. The van der Waals surface area contributed by atoms with E-state index in [2.05, 4.69) is 5.32 Å². The van der Waals surface area contributed by atoms with Crippen LogP contribution in [0.25, 0.3) is 0 Å². The molecule has 0 aromatic heterocycles. The van der Waals surface area contributed by atoms with E-state index in [4.69, 9.17) is 5.73 Å². The summed E-state index contributed by atoms with van der Waals surface area (Å²) in [7, 11) is 0. The van der Waals surface area contributed by atoms with Crippen molar-refractivity contribution in [2.45, 2.75) is 19.8 Å². The summed E-state index contributed by atoms with van der Waals surface area (Å²) in [4.78, 5) is 22.0. The van der Waals surface area contributed by atoms with E-state index in [1.54, 1.807) is 12.1 Å². The van der Waals surface area contributed by atoms with Gasteiger partial charge in [0.25, 0.3) is 5.69 Å². The first-order valence-corrected chi connectivity index (χ1v) is 5.81. The summed E-state index contributed by atoms with van der Waals surface area (Å²) in [5.41, 5.74) is 5.63. The minimum atomic E-state index is -0.518. The first-order chi connectivity index (χ1) is 8.58. The zero-order chi connectivity index (χ0) is 13.5. The molecule has 0 fully saturated rings. The maximum absolute atomic E-state index is 11.7. The second kappa shape index (κ2) is 6.70. The molecule has 0 aliphatic rings. The Morgan fingerprint density at radius 2 is 2.17 bits per heavy atom. The smallest absolute Gasteiger partial charge is 0.292 e. The third-order valence-corrected chi connectivity index (χ3v) is 2.76. The van der Waals surface area contributed by atoms with Crippen LogP contribution in [0, 0.1) is 16.0 Å². The SMILES string of the molecule is CCC(CN)CC(=O)Nc1ccccc1[N+](=O)[O-]. The third-order valence-electron chi connectivity index (χ3n) is 2.76. The highest BCUT2D eigenvalue weighted by Gasteiger charge is 2.16. The fraction of sp³-hybridized carbons (Fsp3) is 0.417.